The predicted octanol–water partition coefficient (Wildman–Crippen LogP) is 4.25. The topological polar surface area (TPSA) is 63.7 Å². The number of rotatable bonds is 6. The molecule has 3 aromatic rings. The van der Waals surface area contributed by atoms with Crippen molar-refractivity contribution in [2.24, 2.45) is 0 Å². The van der Waals surface area contributed by atoms with Gasteiger partial charge in [-0.25, -0.2) is 0 Å². The minimum Gasteiger partial charge on any atom is -0.492 e. The molecule has 5 nitrogen and oxygen atoms in total. The summed E-state index contributed by atoms with van der Waals surface area (Å²) in [4.78, 5) is 38.3. The third-order valence-corrected chi connectivity index (χ3v) is 4.94. The number of halogens is 1. The highest BCUT2D eigenvalue weighted by atomic mass is 35.5. The fraction of sp³-hybridized carbons (Fsp3) is 0.0870. The van der Waals surface area contributed by atoms with Gasteiger partial charge < -0.3 is 4.74 Å². The minimum absolute atomic E-state index is 0.112. The van der Waals surface area contributed by atoms with Crippen molar-refractivity contribution in [3.05, 3.63) is 100 Å². The van der Waals surface area contributed by atoms with Gasteiger partial charge >= 0.3 is 0 Å². The number of hydrogen-bond acceptors (Lipinski definition) is 4. The number of ether oxygens (including phenoxy) is 1. The molecule has 0 N–H and O–H groups in total. The van der Waals surface area contributed by atoms with Gasteiger partial charge in [0.25, 0.3) is 11.8 Å². The highest BCUT2D eigenvalue weighted by molar-refractivity contribution is 6.30. The fourth-order valence-corrected chi connectivity index (χ4v) is 3.29. The normalized spacial score (nSPS) is 12.8. The molecular weight excluding hydrogens is 390 g/mol. The van der Waals surface area contributed by atoms with E-state index in [1.807, 2.05) is 0 Å². The minimum atomic E-state index is -0.307. The van der Waals surface area contributed by atoms with Crippen LogP contribution < -0.4 is 4.74 Å². The summed E-state index contributed by atoms with van der Waals surface area (Å²) in [5.74, 6) is -0.176. The van der Waals surface area contributed by atoms with Gasteiger partial charge in [-0.3, -0.25) is 19.3 Å². The van der Waals surface area contributed by atoms with Gasteiger partial charge in [-0.05, 0) is 60.7 Å². The van der Waals surface area contributed by atoms with Gasteiger partial charge in [0.15, 0.2) is 5.78 Å². The van der Waals surface area contributed by atoms with Crippen LogP contribution in [0.3, 0.4) is 0 Å². The molecule has 0 aromatic heterocycles. The Morgan fingerprint density at radius 3 is 1.86 bits per heavy atom. The Kier molecular flexibility index (Phi) is 5.14. The quantitative estimate of drug-likeness (QED) is 0.454. The molecule has 0 spiro atoms. The van der Waals surface area contributed by atoms with Gasteiger partial charge in [0.1, 0.15) is 12.4 Å². The van der Waals surface area contributed by atoms with Crippen LogP contribution in [0.25, 0.3) is 0 Å². The van der Waals surface area contributed by atoms with E-state index in [0.717, 1.165) is 0 Å². The van der Waals surface area contributed by atoms with Crippen molar-refractivity contribution in [1.82, 2.24) is 4.90 Å². The lowest BCUT2D eigenvalue weighted by Gasteiger charge is -2.14. The Balaban J connectivity index is 1.35. The highest BCUT2D eigenvalue weighted by Gasteiger charge is 2.34. The van der Waals surface area contributed by atoms with Crippen LogP contribution in [0.4, 0.5) is 0 Å². The van der Waals surface area contributed by atoms with Crippen LogP contribution in [-0.2, 0) is 0 Å². The average molecular weight is 406 g/mol. The number of fused-ring (bicyclic) bond motifs is 1. The summed E-state index contributed by atoms with van der Waals surface area (Å²) in [5.41, 5.74) is 1.92. The number of carbonyl (C=O) groups excluding carboxylic acids is 3. The van der Waals surface area contributed by atoms with Crippen LogP contribution in [0.1, 0.15) is 36.6 Å². The SMILES string of the molecule is O=C(c1ccc(Cl)cc1)c1ccc(OCCN2C(=O)c3ccccc3C2=O)cc1. The molecule has 0 unspecified atom stereocenters. The summed E-state index contributed by atoms with van der Waals surface area (Å²) < 4.78 is 5.64. The van der Waals surface area contributed by atoms with E-state index in [-0.39, 0.29) is 30.7 Å². The highest BCUT2D eigenvalue weighted by Crippen LogP contribution is 2.22. The van der Waals surface area contributed by atoms with Gasteiger partial charge in [0, 0.05) is 16.1 Å². The third-order valence-electron chi connectivity index (χ3n) is 4.68. The second kappa shape index (κ2) is 7.89. The van der Waals surface area contributed by atoms with Crippen molar-refractivity contribution in [1.29, 1.82) is 0 Å². The van der Waals surface area contributed by atoms with Crippen LogP contribution in [0, 0.1) is 0 Å². The molecule has 6 heteroatoms. The number of hydrogen-bond donors (Lipinski definition) is 0. The number of imide groups is 1. The first-order valence-electron chi connectivity index (χ1n) is 9.03. The first kappa shape index (κ1) is 18.9. The van der Waals surface area contributed by atoms with Gasteiger partial charge in [0.05, 0.1) is 17.7 Å². The van der Waals surface area contributed by atoms with E-state index >= 15 is 0 Å². The molecule has 1 aliphatic rings. The molecule has 1 heterocycles. The molecule has 0 bridgehead atoms. The Labute approximate surface area is 172 Å². The van der Waals surface area contributed by atoms with Gasteiger partial charge in [-0.2, -0.15) is 0 Å². The molecule has 0 atom stereocenters. The third kappa shape index (κ3) is 3.77. The molecule has 0 saturated heterocycles. The molecule has 0 radical (unpaired) electrons. The largest absolute Gasteiger partial charge is 0.492 e. The molecule has 144 valence electrons. The Morgan fingerprint density at radius 1 is 0.793 bits per heavy atom. The first-order valence-corrected chi connectivity index (χ1v) is 9.41. The number of nitrogens with zero attached hydrogens (tertiary/aromatic N) is 1. The zero-order chi connectivity index (χ0) is 20.4. The van der Waals surface area contributed by atoms with Crippen LogP contribution in [-0.4, -0.2) is 35.6 Å². The Hall–Kier alpha value is -3.44. The first-order chi connectivity index (χ1) is 14.0. The lowest BCUT2D eigenvalue weighted by Crippen LogP contribution is -2.33. The number of benzene rings is 3. The summed E-state index contributed by atoms with van der Waals surface area (Å²) >= 11 is 5.85. The van der Waals surface area contributed by atoms with E-state index in [0.29, 0.717) is 33.0 Å². The molecule has 3 aromatic carbocycles. The standard InChI is InChI=1S/C23H16ClNO4/c24-17-9-5-15(6-10-17)21(26)16-7-11-18(12-8-16)29-14-13-25-22(27)19-3-1-2-4-20(19)23(25)28/h1-12H,13-14H2. The zero-order valence-corrected chi connectivity index (χ0v) is 16.1. The monoisotopic (exact) mass is 405 g/mol. The molecule has 2 amide bonds. The van der Waals surface area contributed by atoms with E-state index < -0.39 is 0 Å². The van der Waals surface area contributed by atoms with Crippen LogP contribution in [0.15, 0.2) is 72.8 Å². The van der Waals surface area contributed by atoms with Crippen molar-refractivity contribution in [2.45, 2.75) is 0 Å². The molecule has 4 rings (SSSR count). The van der Waals surface area contributed by atoms with Gasteiger partial charge in [-0.1, -0.05) is 23.7 Å². The fourth-order valence-electron chi connectivity index (χ4n) is 3.17. The Morgan fingerprint density at radius 2 is 1.31 bits per heavy atom. The van der Waals surface area contributed by atoms with Crippen molar-refractivity contribution in [2.75, 3.05) is 13.2 Å². The van der Waals surface area contributed by atoms with E-state index in [2.05, 4.69) is 0 Å². The molecule has 29 heavy (non-hydrogen) atoms. The number of carbonyl (C=O) groups is 3. The van der Waals surface area contributed by atoms with E-state index in [9.17, 15) is 14.4 Å². The smallest absolute Gasteiger partial charge is 0.261 e. The average Bonchev–Trinajstić information content (AvgIpc) is 2.99. The summed E-state index contributed by atoms with van der Waals surface area (Å²) in [6, 6.07) is 20.2. The molecule has 1 aliphatic heterocycles. The lowest BCUT2D eigenvalue weighted by atomic mass is 10.0. The van der Waals surface area contributed by atoms with Gasteiger partial charge in [-0.15, -0.1) is 0 Å². The summed E-state index contributed by atoms with van der Waals surface area (Å²) in [5, 5.41) is 0.573. The summed E-state index contributed by atoms with van der Waals surface area (Å²) in [6.45, 7) is 0.313. The van der Waals surface area contributed by atoms with E-state index in [4.69, 9.17) is 16.3 Å². The lowest BCUT2D eigenvalue weighted by molar-refractivity contribution is 0.0631. The maximum absolute atomic E-state index is 12.5. The molecule has 0 saturated carbocycles. The number of amides is 2. The Bertz CT molecular complexity index is 1060. The number of ketones is 1. The van der Waals surface area contributed by atoms with Crippen molar-refractivity contribution >= 4 is 29.2 Å². The summed E-state index contributed by atoms with van der Waals surface area (Å²) in [6.07, 6.45) is 0. The van der Waals surface area contributed by atoms with Crippen molar-refractivity contribution in [3.8, 4) is 5.75 Å². The van der Waals surface area contributed by atoms with Crippen LogP contribution in [0.5, 0.6) is 5.75 Å². The second-order valence-corrected chi connectivity index (χ2v) is 6.95. The van der Waals surface area contributed by atoms with Crippen molar-refractivity contribution in [3.63, 3.8) is 0 Å². The van der Waals surface area contributed by atoms with E-state index in [1.165, 1.54) is 4.90 Å². The van der Waals surface area contributed by atoms with Crippen molar-refractivity contribution < 1.29 is 19.1 Å². The maximum atomic E-state index is 12.5. The van der Waals surface area contributed by atoms with E-state index in [1.54, 1.807) is 72.8 Å². The zero-order valence-electron chi connectivity index (χ0n) is 15.3. The van der Waals surface area contributed by atoms with Crippen LogP contribution >= 0.6 is 11.6 Å². The maximum Gasteiger partial charge on any atom is 0.261 e. The molecular formula is C23H16ClNO4. The molecule has 0 fully saturated rings. The van der Waals surface area contributed by atoms with Crippen LogP contribution in [0.2, 0.25) is 5.02 Å². The summed E-state index contributed by atoms with van der Waals surface area (Å²) in [7, 11) is 0. The van der Waals surface area contributed by atoms with Gasteiger partial charge in [0.2, 0.25) is 0 Å². The molecule has 0 aliphatic carbocycles. The second-order valence-electron chi connectivity index (χ2n) is 6.52. The predicted molar refractivity (Wildman–Crippen MR) is 109 cm³/mol.